The van der Waals surface area contributed by atoms with Gasteiger partial charge in [0.1, 0.15) is 12.7 Å². The number of carbonyl (C=O) groups excluding carboxylic acids is 1. The molecule has 1 N–H and O–H groups in total. The summed E-state index contributed by atoms with van der Waals surface area (Å²) in [6, 6.07) is 3.45. The minimum atomic E-state index is -0.104. The summed E-state index contributed by atoms with van der Waals surface area (Å²) < 4.78 is 3.12. The van der Waals surface area contributed by atoms with Crippen LogP contribution in [0.1, 0.15) is 64.3 Å². The highest BCUT2D eigenvalue weighted by atomic mass is 16.2. The van der Waals surface area contributed by atoms with Crippen molar-refractivity contribution in [1.29, 1.82) is 0 Å². The Balaban J connectivity index is 1.35. The highest BCUT2D eigenvalue weighted by Gasteiger charge is 2.29. The van der Waals surface area contributed by atoms with Crippen LogP contribution in [0.2, 0.25) is 0 Å². The normalized spacial score (nSPS) is 28.0. The molecule has 8 nitrogen and oxygen atoms in total. The fourth-order valence-electron chi connectivity index (χ4n) is 4.43. The topological polar surface area (TPSA) is 94.7 Å². The van der Waals surface area contributed by atoms with Gasteiger partial charge in [-0.2, -0.15) is 5.10 Å². The van der Waals surface area contributed by atoms with E-state index < -0.39 is 0 Å². The van der Waals surface area contributed by atoms with Crippen LogP contribution in [-0.2, 0) is 4.79 Å². The molecular weight excluding hydrogens is 356 g/mol. The quantitative estimate of drug-likeness (QED) is 0.872. The first kappa shape index (κ1) is 18.8. The number of aromatic nitrogens is 5. The minimum Gasteiger partial charge on any atom is -0.353 e. The fraction of sp³-hybridized carbons (Fsp3) is 0.650. The van der Waals surface area contributed by atoms with Gasteiger partial charge in [0.05, 0.1) is 6.04 Å². The third-order valence-electron chi connectivity index (χ3n) is 6.24. The Labute approximate surface area is 164 Å². The molecule has 150 valence electrons. The first-order valence-electron chi connectivity index (χ1n) is 10.4. The predicted octanol–water partition coefficient (Wildman–Crippen LogP) is 2.25. The van der Waals surface area contributed by atoms with E-state index in [0.717, 1.165) is 57.3 Å². The Morgan fingerprint density at radius 1 is 1.07 bits per heavy atom. The van der Waals surface area contributed by atoms with E-state index in [-0.39, 0.29) is 29.5 Å². The van der Waals surface area contributed by atoms with Crippen LogP contribution in [0.5, 0.6) is 0 Å². The Bertz CT molecular complexity index is 846. The van der Waals surface area contributed by atoms with E-state index in [1.54, 1.807) is 21.8 Å². The van der Waals surface area contributed by atoms with Gasteiger partial charge in [0, 0.05) is 18.0 Å². The van der Waals surface area contributed by atoms with Crippen molar-refractivity contribution in [3.05, 3.63) is 35.1 Å². The van der Waals surface area contributed by atoms with Gasteiger partial charge < -0.3 is 5.32 Å². The van der Waals surface area contributed by atoms with Crippen molar-refractivity contribution < 1.29 is 4.79 Å². The molecule has 2 aromatic heterocycles. The van der Waals surface area contributed by atoms with E-state index >= 15 is 0 Å². The van der Waals surface area contributed by atoms with Crippen LogP contribution in [-0.4, -0.2) is 36.5 Å². The van der Waals surface area contributed by atoms with Gasteiger partial charge in [0.25, 0.3) is 5.56 Å². The molecule has 0 radical (unpaired) electrons. The summed E-state index contributed by atoms with van der Waals surface area (Å²) in [7, 11) is 0. The molecule has 2 fully saturated rings. The van der Waals surface area contributed by atoms with Crippen LogP contribution in [0.3, 0.4) is 0 Å². The van der Waals surface area contributed by atoms with Gasteiger partial charge in [-0.25, -0.2) is 14.3 Å². The van der Waals surface area contributed by atoms with Crippen molar-refractivity contribution in [3.8, 4) is 5.82 Å². The molecule has 2 aromatic rings. The van der Waals surface area contributed by atoms with Gasteiger partial charge in [-0.3, -0.25) is 9.59 Å². The van der Waals surface area contributed by atoms with Crippen molar-refractivity contribution in [1.82, 2.24) is 29.9 Å². The maximum atomic E-state index is 12.6. The molecular formula is C20H28N6O2. The molecule has 28 heavy (non-hydrogen) atoms. The molecule has 2 saturated carbocycles. The summed E-state index contributed by atoms with van der Waals surface area (Å²) in [6.07, 6.45) is 10.8. The van der Waals surface area contributed by atoms with E-state index in [1.165, 1.54) is 12.4 Å². The monoisotopic (exact) mass is 384 g/mol. The predicted molar refractivity (Wildman–Crippen MR) is 104 cm³/mol. The molecule has 0 spiro atoms. The second-order valence-electron chi connectivity index (χ2n) is 8.29. The lowest BCUT2D eigenvalue weighted by atomic mass is 9.82. The minimum absolute atomic E-state index is 0.0552. The Kier molecular flexibility index (Phi) is 5.54. The fourth-order valence-corrected chi connectivity index (χ4v) is 4.43. The lowest BCUT2D eigenvalue weighted by Crippen LogP contribution is -2.42. The Morgan fingerprint density at radius 2 is 1.82 bits per heavy atom. The number of amides is 1. The van der Waals surface area contributed by atoms with E-state index in [4.69, 9.17) is 0 Å². The Morgan fingerprint density at radius 3 is 2.50 bits per heavy atom. The van der Waals surface area contributed by atoms with Crippen molar-refractivity contribution in [2.24, 2.45) is 11.8 Å². The number of rotatable bonds is 4. The van der Waals surface area contributed by atoms with E-state index in [9.17, 15) is 9.59 Å². The van der Waals surface area contributed by atoms with Crippen LogP contribution < -0.4 is 10.9 Å². The summed E-state index contributed by atoms with van der Waals surface area (Å²) in [4.78, 5) is 28.8. The number of carbonyl (C=O) groups is 1. The summed E-state index contributed by atoms with van der Waals surface area (Å²) in [6.45, 7) is 2.27. The van der Waals surface area contributed by atoms with E-state index in [0.29, 0.717) is 5.82 Å². The van der Waals surface area contributed by atoms with Crippen molar-refractivity contribution >= 4 is 5.91 Å². The first-order chi connectivity index (χ1) is 13.6. The van der Waals surface area contributed by atoms with E-state index in [2.05, 4.69) is 27.4 Å². The SMILES string of the molecule is CC1CCC(C(=O)NC2CCC(n3nc(-n4cncn4)ccc3=O)CC2)CC1. The molecule has 4 rings (SSSR count). The Hall–Kier alpha value is -2.51. The zero-order valence-corrected chi connectivity index (χ0v) is 16.3. The third-order valence-corrected chi connectivity index (χ3v) is 6.24. The molecule has 0 saturated heterocycles. The molecule has 2 aliphatic carbocycles. The molecule has 2 aliphatic rings. The van der Waals surface area contributed by atoms with E-state index in [1.807, 2.05) is 0 Å². The van der Waals surface area contributed by atoms with Crippen molar-refractivity contribution in [3.63, 3.8) is 0 Å². The highest BCUT2D eigenvalue weighted by molar-refractivity contribution is 5.79. The first-order valence-corrected chi connectivity index (χ1v) is 10.4. The number of nitrogens with one attached hydrogen (secondary N) is 1. The van der Waals surface area contributed by atoms with Crippen LogP contribution >= 0.6 is 0 Å². The van der Waals surface area contributed by atoms with Crippen molar-refractivity contribution in [2.75, 3.05) is 0 Å². The van der Waals surface area contributed by atoms with Gasteiger partial charge >= 0.3 is 0 Å². The zero-order chi connectivity index (χ0) is 19.5. The maximum Gasteiger partial charge on any atom is 0.267 e. The lowest BCUT2D eigenvalue weighted by Gasteiger charge is -2.32. The average molecular weight is 384 g/mol. The summed E-state index contributed by atoms with van der Waals surface area (Å²) in [5.41, 5.74) is -0.104. The number of hydrogen-bond acceptors (Lipinski definition) is 5. The smallest absolute Gasteiger partial charge is 0.267 e. The van der Waals surface area contributed by atoms with Gasteiger partial charge in [-0.15, -0.1) is 5.10 Å². The maximum absolute atomic E-state index is 12.6. The van der Waals surface area contributed by atoms with Gasteiger partial charge in [-0.05, 0) is 63.4 Å². The lowest BCUT2D eigenvalue weighted by molar-refractivity contribution is -0.127. The van der Waals surface area contributed by atoms with Crippen LogP contribution in [0.4, 0.5) is 0 Å². The molecule has 8 heteroatoms. The standard InChI is InChI=1S/C20H28N6O2/c1-14-2-4-15(5-3-14)20(28)23-16-6-8-17(9-7-16)26-19(27)11-10-18(24-26)25-13-21-12-22-25/h10-17H,2-9H2,1H3,(H,23,28). The molecule has 0 aliphatic heterocycles. The molecule has 2 heterocycles. The third kappa shape index (κ3) is 4.15. The molecule has 0 aromatic carbocycles. The second-order valence-corrected chi connectivity index (χ2v) is 8.29. The molecule has 0 unspecified atom stereocenters. The molecule has 1 amide bonds. The second kappa shape index (κ2) is 8.24. The number of nitrogens with zero attached hydrogens (tertiary/aromatic N) is 5. The van der Waals surface area contributed by atoms with Gasteiger partial charge in [0.15, 0.2) is 5.82 Å². The number of hydrogen-bond donors (Lipinski definition) is 1. The molecule has 0 bridgehead atoms. The van der Waals surface area contributed by atoms with Crippen LogP contribution in [0.15, 0.2) is 29.6 Å². The highest BCUT2D eigenvalue weighted by Crippen LogP contribution is 2.30. The summed E-state index contributed by atoms with van der Waals surface area (Å²) in [5.74, 6) is 1.73. The van der Waals surface area contributed by atoms with Crippen LogP contribution in [0, 0.1) is 11.8 Å². The van der Waals surface area contributed by atoms with Crippen molar-refractivity contribution in [2.45, 2.75) is 70.4 Å². The van der Waals surface area contributed by atoms with Crippen LogP contribution in [0.25, 0.3) is 5.82 Å². The average Bonchev–Trinajstić information content (AvgIpc) is 3.24. The molecule has 0 atom stereocenters. The summed E-state index contributed by atoms with van der Waals surface area (Å²) >= 11 is 0. The van der Waals surface area contributed by atoms with Gasteiger partial charge in [0.2, 0.25) is 5.91 Å². The van der Waals surface area contributed by atoms with Gasteiger partial charge in [-0.1, -0.05) is 6.92 Å². The summed E-state index contributed by atoms with van der Waals surface area (Å²) in [5, 5.41) is 11.8. The zero-order valence-electron chi connectivity index (χ0n) is 16.3. The largest absolute Gasteiger partial charge is 0.353 e.